The van der Waals surface area contributed by atoms with Crippen LogP contribution in [0.3, 0.4) is 0 Å². The number of anilines is 1. The summed E-state index contributed by atoms with van der Waals surface area (Å²) < 4.78 is 5.18. The molecule has 1 N–H and O–H groups in total. The van der Waals surface area contributed by atoms with Crippen LogP contribution in [0.1, 0.15) is 6.92 Å². The van der Waals surface area contributed by atoms with E-state index in [2.05, 4.69) is 5.32 Å². The van der Waals surface area contributed by atoms with Crippen LogP contribution in [0.15, 0.2) is 12.1 Å². The van der Waals surface area contributed by atoms with Gasteiger partial charge in [0, 0.05) is 11.1 Å². The van der Waals surface area contributed by atoms with Crippen LogP contribution in [0, 0.1) is 10.1 Å². The van der Waals surface area contributed by atoms with Gasteiger partial charge in [-0.15, -0.1) is 0 Å². The third-order valence-corrected chi connectivity index (χ3v) is 2.37. The minimum Gasteiger partial charge on any atom is -0.472 e. The van der Waals surface area contributed by atoms with Crippen LogP contribution in [0.2, 0.25) is 5.02 Å². The largest absolute Gasteiger partial charge is 0.472 e. The maximum absolute atomic E-state index is 11.3. The Morgan fingerprint density at radius 3 is 2.88 bits per heavy atom. The van der Waals surface area contributed by atoms with E-state index in [1.807, 2.05) is 0 Å². The van der Waals surface area contributed by atoms with E-state index in [0.717, 1.165) is 0 Å². The van der Waals surface area contributed by atoms with Gasteiger partial charge in [0.25, 0.3) is 5.91 Å². The normalized spacial score (nSPS) is 18.4. The fourth-order valence-electron chi connectivity index (χ4n) is 1.40. The number of halogens is 1. The second-order valence-corrected chi connectivity index (χ2v) is 3.74. The van der Waals surface area contributed by atoms with Gasteiger partial charge in [-0.1, -0.05) is 11.6 Å². The predicted octanol–water partition coefficient (Wildman–Crippen LogP) is 1.97. The van der Waals surface area contributed by atoms with Crippen molar-refractivity contribution in [1.82, 2.24) is 0 Å². The smallest absolute Gasteiger partial charge is 0.314 e. The zero-order valence-corrected chi connectivity index (χ0v) is 8.95. The van der Waals surface area contributed by atoms with Crippen molar-refractivity contribution in [3.05, 3.63) is 27.3 Å². The topological polar surface area (TPSA) is 81.5 Å². The molecule has 1 aliphatic heterocycles. The summed E-state index contributed by atoms with van der Waals surface area (Å²) in [6, 6.07) is 2.60. The first-order valence-corrected chi connectivity index (χ1v) is 4.82. The summed E-state index contributed by atoms with van der Waals surface area (Å²) in [5.74, 6) is -0.314. The van der Waals surface area contributed by atoms with Crippen molar-refractivity contribution in [3.63, 3.8) is 0 Å². The molecule has 0 aliphatic carbocycles. The zero-order chi connectivity index (χ0) is 11.9. The van der Waals surface area contributed by atoms with E-state index in [-0.39, 0.29) is 28.1 Å². The molecule has 1 aliphatic rings. The number of nitro benzene ring substituents is 1. The number of nitrogens with one attached hydrogen (secondary N) is 1. The molecule has 1 heterocycles. The fraction of sp³-hybridized carbons (Fsp3) is 0.222. The lowest BCUT2D eigenvalue weighted by Gasteiger charge is -2.22. The van der Waals surface area contributed by atoms with Gasteiger partial charge in [0.05, 0.1) is 10.6 Å². The molecule has 1 atom stereocenters. The first kappa shape index (κ1) is 10.7. The maximum atomic E-state index is 11.3. The third-order valence-electron chi connectivity index (χ3n) is 2.15. The number of hydrogen-bond acceptors (Lipinski definition) is 4. The summed E-state index contributed by atoms with van der Waals surface area (Å²) in [6.45, 7) is 1.51. The van der Waals surface area contributed by atoms with E-state index < -0.39 is 11.0 Å². The molecule has 0 radical (unpaired) electrons. The first-order chi connectivity index (χ1) is 7.49. The lowest BCUT2D eigenvalue weighted by molar-refractivity contribution is -0.385. The minimum absolute atomic E-state index is 0.0431. The van der Waals surface area contributed by atoms with Crippen LogP contribution in [-0.4, -0.2) is 16.9 Å². The van der Waals surface area contributed by atoms with Crippen LogP contribution >= 0.6 is 11.6 Å². The Balaban J connectivity index is 2.59. The Morgan fingerprint density at radius 1 is 1.56 bits per heavy atom. The van der Waals surface area contributed by atoms with E-state index >= 15 is 0 Å². The molecular weight excluding hydrogens is 236 g/mol. The molecule has 1 aromatic carbocycles. The van der Waals surface area contributed by atoms with Crippen molar-refractivity contribution in [2.45, 2.75) is 13.0 Å². The van der Waals surface area contributed by atoms with Gasteiger partial charge in [0.15, 0.2) is 6.10 Å². The summed E-state index contributed by atoms with van der Waals surface area (Å²) in [5.41, 5.74) is -0.0309. The Bertz CT molecular complexity index is 489. The van der Waals surface area contributed by atoms with Gasteiger partial charge in [-0.2, -0.15) is 0 Å². The monoisotopic (exact) mass is 242 g/mol. The number of amides is 1. The van der Waals surface area contributed by atoms with Gasteiger partial charge in [-0.3, -0.25) is 14.9 Å². The van der Waals surface area contributed by atoms with Crippen molar-refractivity contribution in [2.75, 3.05) is 5.32 Å². The first-order valence-electron chi connectivity index (χ1n) is 4.44. The molecule has 16 heavy (non-hydrogen) atoms. The molecule has 0 aromatic heterocycles. The molecule has 1 amide bonds. The van der Waals surface area contributed by atoms with E-state index in [1.165, 1.54) is 19.1 Å². The van der Waals surface area contributed by atoms with Gasteiger partial charge in [0.1, 0.15) is 0 Å². The number of carbonyl (C=O) groups excluding carboxylic acids is 1. The zero-order valence-electron chi connectivity index (χ0n) is 8.19. The summed E-state index contributed by atoms with van der Waals surface area (Å²) in [4.78, 5) is 21.5. The van der Waals surface area contributed by atoms with E-state index in [0.29, 0.717) is 0 Å². The summed E-state index contributed by atoms with van der Waals surface area (Å²) in [5, 5.41) is 13.4. The highest BCUT2D eigenvalue weighted by molar-refractivity contribution is 6.31. The molecule has 6 nitrogen and oxygen atoms in total. The van der Waals surface area contributed by atoms with Crippen molar-refractivity contribution in [3.8, 4) is 5.75 Å². The van der Waals surface area contributed by atoms with Crippen LogP contribution < -0.4 is 10.1 Å². The molecule has 0 saturated heterocycles. The Kier molecular flexibility index (Phi) is 2.43. The Morgan fingerprint density at radius 2 is 2.25 bits per heavy atom. The second-order valence-electron chi connectivity index (χ2n) is 3.31. The maximum Gasteiger partial charge on any atom is 0.314 e. The number of nitro groups is 1. The average molecular weight is 243 g/mol. The standard InChI is InChI=1S/C9H7ClN2O4/c1-4-9(13)11-6-2-5(10)3-7(12(14)15)8(6)16-4/h2-4H,1H3,(H,11,13). The molecule has 84 valence electrons. The lowest BCUT2D eigenvalue weighted by Crippen LogP contribution is -2.34. The molecule has 1 unspecified atom stereocenters. The molecule has 7 heteroatoms. The minimum atomic E-state index is -0.757. The highest BCUT2D eigenvalue weighted by atomic mass is 35.5. The Labute approximate surface area is 95.3 Å². The number of fused-ring (bicyclic) bond motifs is 1. The van der Waals surface area contributed by atoms with Gasteiger partial charge < -0.3 is 10.1 Å². The van der Waals surface area contributed by atoms with Crippen molar-refractivity contribution >= 4 is 28.9 Å². The van der Waals surface area contributed by atoms with Gasteiger partial charge in [0.2, 0.25) is 5.75 Å². The summed E-state index contributed by atoms with van der Waals surface area (Å²) >= 11 is 5.70. The molecule has 2 rings (SSSR count). The van der Waals surface area contributed by atoms with Crippen LogP contribution in [0.4, 0.5) is 11.4 Å². The highest BCUT2D eigenvalue weighted by Crippen LogP contribution is 2.40. The fourth-order valence-corrected chi connectivity index (χ4v) is 1.61. The number of carbonyl (C=O) groups is 1. The van der Waals surface area contributed by atoms with E-state index in [4.69, 9.17) is 16.3 Å². The molecule has 0 bridgehead atoms. The van der Waals surface area contributed by atoms with E-state index in [1.54, 1.807) is 0 Å². The predicted molar refractivity (Wildman–Crippen MR) is 56.8 cm³/mol. The van der Waals surface area contributed by atoms with E-state index in [9.17, 15) is 14.9 Å². The molecule has 1 aromatic rings. The van der Waals surface area contributed by atoms with Gasteiger partial charge in [-0.05, 0) is 13.0 Å². The SMILES string of the molecule is CC1Oc2c(cc(Cl)cc2[N+](=O)[O-])NC1=O. The lowest BCUT2D eigenvalue weighted by atomic mass is 10.2. The molecular formula is C9H7ClN2O4. The average Bonchev–Trinajstić information content (AvgIpc) is 2.19. The van der Waals surface area contributed by atoms with Gasteiger partial charge >= 0.3 is 5.69 Å². The van der Waals surface area contributed by atoms with Crippen LogP contribution in [0.5, 0.6) is 5.75 Å². The van der Waals surface area contributed by atoms with Gasteiger partial charge in [-0.25, -0.2) is 0 Å². The van der Waals surface area contributed by atoms with Crippen molar-refractivity contribution < 1.29 is 14.5 Å². The summed E-state index contributed by atoms with van der Waals surface area (Å²) in [6.07, 6.45) is -0.757. The third kappa shape index (κ3) is 1.67. The highest BCUT2D eigenvalue weighted by Gasteiger charge is 2.30. The number of rotatable bonds is 1. The van der Waals surface area contributed by atoms with Crippen molar-refractivity contribution in [2.24, 2.45) is 0 Å². The van der Waals surface area contributed by atoms with Crippen molar-refractivity contribution in [1.29, 1.82) is 0 Å². The Hall–Kier alpha value is -1.82. The number of ether oxygens (including phenoxy) is 1. The second kappa shape index (κ2) is 3.64. The molecule has 0 fully saturated rings. The summed E-state index contributed by atoms with van der Waals surface area (Å²) in [7, 11) is 0. The number of nitrogens with zero attached hydrogens (tertiary/aromatic N) is 1. The number of hydrogen-bond donors (Lipinski definition) is 1. The molecule has 0 saturated carbocycles. The quantitative estimate of drug-likeness (QED) is 0.603. The molecule has 0 spiro atoms. The number of benzene rings is 1. The van der Waals surface area contributed by atoms with Crippen LogP contribution in [0.25, 0.3) is 0 Å². The van der Waals surface area contributed by atoms with Crippen LogP contribution in [-0.2, 0) is 4.79 Å².